The number of rotatable bonds is 7. The molecule has 3 N–H and O–H groups in total. The van der Waals surface area contributed by atoms with E-state index in [-0.39, 0.29) is 36.3 Å². The first-order valence-electron chi connectivity index (χ1n) is 11.1. The molecule has 0 saturated carbocycles. The summed E-state index contributed by atoms with van der Waals surface area (Å²) in [5.41, 5.74) is 6.69. The highest BCUT2D eigenvalue weighted by atomic mass is 19.1. The molecule has 0 bridgehead atoms. The fourth-order valence-electron chi connectivity index (χ4n) is 4.12. The highest BCUT2D eigenvalue weighted by Crippen LogP contribution is 2.34. The molecule has 0 fully saturated rings. The van der Waals surface area contributed by atoms with E-state index >= 15 is 0 Å². The first-order chi connectivity index (χ1) is 15.5. The number of nitrogens with two attached hydrogens (primary N) is 1. The van der Waals surface area contributed by atoms with Crippen molar-refractivity contribution in [2.75, 3.05) is 0 Å². The molecule has 2 unspecified atom stereocenters. The summed E-state index contributed by atoms with van der Waals surface area (Å²) >= 11 is 0. The Hall–Kier alpha value is -3.29. The fourth-order valence-corrected chi connectivity index (χ4v) is 4.12. The lowest BCUT2D eigenvalue weighted by molar-refractivity contribution is -0.130. The van der Waals surface area contributed by atoms with E-state index in [1.807, 2.05) is 20.8 Å². The second-order valence-corrected chi connectivity index (χ2v) is 8.84. The summed E-state index contributed by atoms with van der Waals surface area (Å²) in [4.78, 5) is 31.6. The first kappa shape index (κ1) is 24.4. The van der Waals surface area contributed by atoms with Crippen molar-refractivity contribution in [2.45, 2.75) is 58.7 Å². The van der Waals surface area contributed by atoms with Gasteiger partial charge in [0.05, 0.1) is 24.5 Å². The van der Waals surface area contributed by atoms with Gasteiger partial charge in [0.25, 0.3) is 5.91 Å². The van der Waals surface area contributed by atoms with Crippen molar-refractivity contribution in [2.24, 2.45) is 16.6 Å². The standard InChI is InChI=1S/C25H30F2N4O2/c1-5-25(15(2)3)13-22(32)31(24(28)30-25)14-17-9-19(12-21(27)10-17)23(33)29-16(4)18-7-6-8-20(26)11-18/h6-12,15-16H,5,13-14H2,1-4H3,(H2,28,30)(H,29,33). The van der Waals surface area contributed by atoms with Crippen LogP contribution in [0.1, 0.15) is 68.1 Å². The molecule has 176 valence electrons. The van der Waals surface area contributed by atoms with E-state index in [4.69, 9.17) is 5.73 Å². The predicted molar refractivity (Wildman–Crippen MR) is 123 cm³/mol. The van der Waals surface area contributed by atoms with Crippen LogP contribution in [0.15, 0.2) is 47.5 Å². The van der Waals surface area contributed by atoms with Gasteiger partial charge in [0.1, 0.15) is 11.6 Å². The molecule has 0 radical (unpaired) electrons. The van der Waals surface area contributed by atoms with Crippen molar-refractivity contribution < 1.29 is 18.4 Å². The third kappa shape index (κ3) is 5.38. The van der Waals surface area contributed by atoms with Crippen LogP contribution in [-0.2, 0) is 11.3 Å². The van der Waals surface area contributed by atoms with Crippen molar-refractivity contribution in [3.05, 3.63) is 70.8 Å². The van der Waals surface area contributed by atoms with E-state index in [0.717, 1.165) is 6.07 Å². The largest absolute Gasteiger partial charge is 0.369 e. The van der Waals surface area contributed by atoms with Crippen molar-refractivity contribution in [1.29, 1.82) is 0 Å². The number of nitrogens with zero attached hydrogens (tertiary/aromatic N) is 2. The van der Waals surface area contributed by atoms with Crippen LogP contribution >= 0.6 is 0 Å². The van der Waals surface area contributed by atoms with Gasteiger partial charge in [0, 0.05) is 5.56 Å². The minimum absolute atomic E-state index is 0.00352. The molecule has 2 atom stereocenters. The highest BCUT2D eigenvalue weighted by Gasteiger charge is 2.40. The smallest absolute Gasteiger partial charge is 0.251 e. The first-order valence-corrected chi connectivity index (χ1v) is 11.1. The number of amides is 2. The van der Waals surface area contributed by atoms with Gasteiger partial charge in [-0.1, -0.05) is 32.9 Å². The maximum atomic E-state index is 14.3. The van der Waals surface area contributed by atoms with Crippen LogP contribution in [-0.4, -0.2) is 28.2 Å². The summed E-state index contributed by atoms with van der Waals surface area (Å²) in [6, 6.07) is 9.32. The number of guanidine groups is 1. The maximum Gasteiger partial charge on any atom is 0.251 e. The van der Waals surface area contributed by atoms with Gasteiger partial charge in [-0.05, 0) is 60.7 Å². The molecule has 6 nitrogen and oxygen atoms in total. The number of carbonyl (C=O) groups is 2. The van der Waals surface area contributed by atoms with Gasteiger partial charge in [-0.25, -0.2) is 13.8 Å². The zero-order chi connectivity index (χ0) is 24.3. The fraction of sp³-hybridized carbons (Fsp3) is 0.400. The molecule has 1 aliphatic heterocycles. The van der Waals surface area contributed by atoms with Crippen LogP contribution in [0, 0.1) is 17.6 Å². The lowest BCUT2D eigenvalue weighted by Gasteiger charge is -2.39. The molecular formula is C25H30F2N4O2. The summed E-state index contributed by atoms with van der Waals surface area (Å²) in [6.07, 6.45) is 0.897. The van der Waals surface area contributed by atoms with Crippen LogP contribution in [0.25, 0.3) is 0 Å². The lowest BCUT2D eigenvalue weighted by Crippen LogP contribution is -2.52. The number of nitrogens with one attached hydrogen (secondary N) is 1. The van der Waals surface area contributed by atoms with Crippen molar-refractivity contribution in [3.63, 3.8) is 0 Å². The molecule has 2 aromatic carbocycles. The number of hydrogen-bond donors (Lipinski definition) is 2. The average molecular weight is 457 g/mol. The molecule has 0 aliphatic carbocycles. The molecule has 1 aliphatic rings. The van der Waals surface area contributed by atoms with E-state index in [1.165, 1.54) is 29.2 Å². The molecule has 0 spiro atoms. The quantitative estimate of drug-likeness (QED) is 0.651. The molecule has 3 rings (SSSR count). The Morgan fingerprint density at radius 1 is 1.18 bits per heavy atom. The SMILES string of the molecule is CCC1(C(C)C)CC(=O)N(Cc2cc(F)cc(C(=O)NC(C)c3cccc(F)c3)c2)C(N)=N1. The van der Waals surface area contributed by atoms with Gasteiger partial charge >= 0.3 is 0 Å². The zero-order valence-corrected chi connectivity index (χ0v) is 19.4. The van der Waals surface area contributed by atoms with Gasteiger partial charge in [-0.3, -0.25) is 14.5 Å². The highest BCUT2D eigenvalue weighted by molar-refractivity contribution is 5.99. The summed E-state index contributed by atoms with van der Waals surface area (Å²) in [5.74, 6) is -1.48. The van der Waals surface area contributed by atoms with Crippen LogP contribution < -0.4 is 11.1 Å². The number of halogens is 2. The topological polar surface area (TPSA) is 87.8 Å². The van der Waals surface area contributed by atoms with Crippen molar-refractivity contribution in [3.8, 4) is 0 Å². The van der Waals surface area contributed by atoms with Gasteiger partial charge < -0.3 is 11.1 Å². The van der Waals surface area contributed by atoms with Gasteiger partial charge in [0.15, 0.2) is 5.96 Å². The molecule has 2 aromatic rings. The molecule has 2 amide bonds. The molecule has 33 heavy (non-hydrogen) atoms. The minimum atomic E-state index is -0.610. The van der Waals surface area contributed by atoms with Gasteiger partial charge in [-0.2, -0.15) is 0 Å². The number of aliphatic imine (C=N–C) groups is 1. The normalized spacial score (nSPS) is 19.4. The van der Waals surface area contributed by atoms with Crippen LogP contribution in [0.3, 0.4) is 0 Å². The van der Waals surface area contributed by atoms with E-state index in [0.29, 0.717) is 17.5 Å². The van der Waals surface area contributed by atoms with E-state index in [1.54, 1.807) is 19.1 Å². The second-order valence-electron chi connectivity index (χ2n) is 8.84. The third-order valence-corrected chi connectivity index (χ3v) is 6.32. The predicted octanol–water partition coefficient (Wildman–Crippen LogP) is 4.31. The summed E-state index contributed by atoms with van der Waals surface area (Å²) in [6.45, 7) is 7.70. The Morgan fingerprint density at radius 3 is 2.52 bits per heavy atom. The summed E-state index contributed by atoms with van der Waals surface area (Å²) in [7, 11) is 0. The van der Waals surface area contributed by atoms with Crippen LogP contribution in [0.4, 0.5) is 8.78 Å². The maximum absolute atomic E-state index is 14.3. The third-order valence-electron chi connectivity index (χ3n) is 6.32. The van der Waals surface area contributed by atoms with Crippen LogP contribution in [0.2, 0.25) is 0 Å². The van der Waals surface area contributed by atoms with E-state index in [9.17, 15) is 18.4 Å². The van der Waals surface area contributed by atoms with Crippen molar-refractivity contribution in [1.82, 2.24) is 10.2 Å². The Kier molecular flexibility index (Phi) is 7.15. The number of hydrogen-bond acceptors (Lipinski definition) is 4. The monoisotopic (exact) mass is 456 g/mol. The number of benzene rings is 2. The molecular weight excluding hydrogens is 426 g/mol. The minimum Gasteiger partial charge on any atom is -0.369 e. The second kappa shape index (κ2) is 9.68. The summed E-state index contributed by atoms with van der Waals surface area (Å²) < 4.78 is 27.8. The Balaban J connectivity index is 1.80. The van der Waals surface area contributed by atoms with Crippen LogP contribution in [0.5, 0.6) is 0 Å². The Labute approximate surface area is 192 Å². The zero-order valence-electron chi connectivity index (χ0n) is 19.4. The molecule has 0 aromatic heterocycles. The molecule has 0 saturated heterocycles. The number of carbonyl (C=O) groups excluding carboxylic acids is 2. The summed E-state index contributed by atoms with van der Waals surface area (Å²) in [5, 5.41) is 2.74. The molecule has 1 heterocycles. The van der Waals surface area contributed by atoms with E-state index < -0.39 is 29.1 Å². The Bertz CT molecular complexity index is 1090. The van der Waals surface area contributed by atoms with Gasteiger partial charge in [0.2, 0.25) is 5.91 Å². The van der Waals surface area contributed by atoms with E-state index in [2.05, 4.69) is 10.3 Å². The lowest BCUT2D eigenvalue weighted by atomic mass is 9.80. The Morgan fingerprint density at radius 2 is 1.91 bits per heavy atom. The van der Waals surface area contributed by atoms with Crippen molar-refractivity contribution >= 4 is 17.8 Å². The molecule has 8 heteroatoms. The van der Waals surface area contributed by atoms with Gasteiger partial charge in [-0.15, -0.1) is 0 Å². The average Bonchev–Trinajstić information content (AvgIpc) is 2.75.